The Morgan fingerprint density at radius 2 is 2.00 bits per heavy atom. The molecule has 5 nitrogen and oxygen atoms in total. The number of rotatable bonds is 5. The van der Waals surface area contributed by atoms with Gasteiger partial charge in [-0.05, 0) is 24.1 Å². The second kappa shape index (κ2) is 6.29. The van der Waals surface area contributed by atoms with E-state index in [1.165, 1.54) is 11.3 Å². The van der Waals surface area contributed by atoms with Crippen LogP contribution in [0.1, 0.15) is 27.2 Å². The van der Waals surface area contributed by atoms with Crippen LogP contribution in [-0.2, 0) is 17.6 Å². The van der Waals surface area contributed by atoms with Crippen molar-refractivity contribution >= 4 is 28.8 Å². The van der Waals surface area contributed by atoms with Crippen LogP contribution in [0.3, 0.4) is 0 Å². The van der Waals surface area contributed by atoms with Gasteiger partial charge in [0.25, 0.3) is 5.91 Å². The number of primary amides is 1. The van der Waals surface area contributed by atoms with Gasteiger partial charge in [0.15, 0.2) is 0 Å². The van der Waals surface area contributed by atoms with E-state index in [0.717, 1.165) is 17.0 Å². The molecule has 104 valence electrons. The van der Waals surface area contributed by atoms with Crippen molar-refractivity contribution in [3.63, 3.8) is 0 Å². The van der Waals surface area contributed by atoms with Crippen molar-refractivity contribution in [2.45, 2.75) is 19.8 Å². The lowest BCUT2D eigenvalue weighted by molar-refractivity contribution is -0.117. The predicted octanol–water partition coefficient (Wildman–Crippen LogP) is 1.99. The van der Waals surface area contributed by atoms with Gasteiger partial charge in [0.05, 0.1) is 17.6 Å². The van der Waals surface area contributed by atoms with Crippen LogP contribution in [-0.4, -0.2) is 16.8 Å². The van der Waals surface area contributed by atoms with Gasteiger partial charge >= 0.3 is 0 Å². The lowest BCUT2D eigenvalue weighted by Crippen LogP contribution is -2.14. The highest BCUT2D eigenvalue weighted by Gasteiger charge is 2.10. The molecule has 1 heterocycles. The molecule has 0 spiro atoms. The third kappa shape index (κ3) is 3.64. The van der Waals surface area contributed by atoms with E-state index in [9.17, 15) is 9.59 Å². The van der Waals surface area contributed by atoms with Gasteiger partial charge in [0.2, 0.25) is 5.91 Å². The topological polar surface area (TPSA) is 85.1 Å². The van der Waals surface area contributed by atoms with E-state index in [-0.39, 0.29) is 18.2 Å². The number of hydrogen-bond donors (Lipinski definition) is 2. The molecule has 0 aliphatic rings. The zero-order chi connectivity index (χ0) is 14.5. The van der Waals surface area contributed by atoms with Crippen LogP contribution in [0, 0.1) is 0 Å². The van der Waals surface area contributed by atoms with Gasteiger partial charge in [0, 0.05) is 5.69 Å². The van der Waals surface area contributed by atoms with Crippen LogP contribution in [0.2, 0.25) is 0 Å². The second-order valence-corrected chi connectivity index (χ2v) is 5.38. The molecule has 0 radical (unpaired) electrons. The third-order valence-corrected chi connectivity index (χ3v) is 3.81. The Balaban J connectivity index is 2.02. The minimum atomic E-state index is -0.376. The number of hydrogen-bond acceptors (Lipinski definition) is 4. The average molecular weight is 289 g/mol. The average Bonchev–Trinajstić information content (AvgIpc) is 2.89. The molecule has 0 unspecified atom stereocenters. The van der Waals surface area contributed by atoms with Gasteiger partial charge < -0.3 is 11.1 Å². The number of nitrogens with zero attached hydrogens (tertiary/aromatic N) is 1. The minimum absolute atomic E-state index is 0.176. The SMILES string of the molecule is CCc1ncc(C(=O)Nc2ccc(CC(N)=O)cc2)s1. The summed E-state index contributed by atoms with van der Waals surface area (Å²) in [5, 5.41) is 3.73. The van der Waals surface area contributed by atoms with Gasteiger partial charge in [-0.3, -0.25) is 9.59 Å². The Labute approximate surface area is 120 Å². The Bertz CT molecular complexity index is 620. The number of benzene rings is 1. The molecule has 1 aromatic carbocycles. The van der Waals surface area contributed by atoms with Crippen molar-refractivity contribution in [3.05, 3.63) is 45.9 Å². The number of aryl methyl sites for hydroxylation is 1. The Morgan fingerprint density at radius 1 is 1.30 bits per heavy atom. The summed E-state index contributed by atoms with van der Waals surface area (Å²) in [6.07, 6.45) is 2.60. The first-order valence-electron chi connectivity index (χ1n) is 6.21. The van der Waals surface area contributed by atoms with Crippen molar-refractivity contribution in [1.82, 2.24) is 4.98 Å². The number of amides is 2. The fourth-order valence-electron chi connectivity index (χ4n) is 1.68. The van der Waals surface area contributed by atoms with E-state index in [4.69, 9.17) is 5.73 Å². The van der Waals surface area contributed by atoms with Crippen molar-refractivity contribution in [1.29, 1.82) is 0 Å². The van der Waals surface area contributed by atoms with E-state index >= 15 is 0 Å². The molecule has 0 aliphatic heterocycles. The fraction of sp³-hybridized carbons (Fsp3) is 0.214. The predicted molar refractivity (Wildman–Crippen MR) is 78.8 cm³/mol. The molecular formula is C14H15N3O2S. The van der Waals surface area contributed by atoms with E-state index < -0.39 is 0 Å². The quantitative estimate of drug-likeness (QED) is 0.882. The van der Waals surface area contributed by atoms with Crippen LogP contribution in [0.15, 0.2) is 30.5 Å². The molecular weight excluding hydrogens is 274 g/mol. The number of thiazole rings is 1. The van der Waals surface area contributed by atoms with E-state index in [0.29, 0.717) is 10.6 Å². The summed E-state index contributed by atoms with van der Waals surface area (Å²) in [6, 6.07) is 7.03. The van der Waals surface area contributed by atoms with Gasteiger partial charge in [-0.15, -0.1) is 11.3 Å². The molecule has 1 aromatic heterocycles. The van der Waals surface area contributed by atoms with Gasteiger partial charge in [-0.2, -0.15) is 0 Å². The minimum Gasteiger partial charge on any atom is -0.369 e. The first kappa shape index (κ1) is 14.2. The maximum Gasteiger partial charge on any atom is 0.267 e. The monoisotopic (exact) mass is 289 g/mol. The molecule has 0 saturated heterocycles. The van der Waals surface area contributed by atoms with E-state index in [2.05, 4.69) is 10.3 Å². The fourth-order valence-corrected chi connectivity index (χ4v) is 2.43. The number of nitrogens with two attached hydrogens (primary N) is 1. The number of nitrogens with one attached hydrogen (secondary N) is 1. The van der Waals surface area contributed by atoms with Crippen LogP contribution in [0.4, 0.5) is 5.69 Å². The Morgan fingerprint density at radius 3 is 2.55 bits per heavy atom. The molecule has 20 heavy (non-hydrogen) atoms. The van der Waals surface area contributed by atoms with Crippen molar-refractivity contribution in [2.75, 3.05) is 5.32 Å². The molecule has 2 rings (SSSR count). The lowest BCUT2D eigenvalue weighted by Gasteiger charge is -2.04. The zero-order valence-corrected chi connectivity index (χ0v) is 11.9. The van der Waals surface area contributed by atoms with E-state index in [1.807, 2.05) is 6.92 Å². The summed E-state index contributed by atoms with van der Waals surface area (Å²) in [4.78, 5) is 27.5. The molecule has 2 amide bonds. The number of anilines is 1. The summed E-state index contributed by atoms with van der Waals surface area (Å²) in [7, 11) is 0. The van der Waals surface area contributed by atoms with Gasteiger partial charge in [-0.1, -0.05) is 19.1 Å². The van der Waals surface area contributed by atoms with Crippen LogP contribution in [0.25, 0.3) is 0 Å². The van der Waals surface area contributed by atoms with Gasteiger partial charge in [-0.25, -0.2) is 4.98 Å². The summed E-state index contributed by atoms with van der Waals surface area (Å²) in [5.74, 6) is -0.552. The molecule has 0 fully saturated rings. The van der Waals surface area contributed by atoms with Gasteiger partial charge in [0.1, 0.15) is 4.88 Å². The first-order valence-corrected chi connectivity index (χ1v) is 7.03. The van der Waals surface area contributed by atoms with E-state index in [1.54, 1.807) is 30.5 Å². The Kier molecular flexibility index (Phi) is 4.47. The normalized spacial score (nSPS) is 10.2. The van der Waals surface area contributed by atoms with Crippen molar-refractivity contribution in [3.8, 4) is 0 Å². The van der Waals surface area contributed by atoms with Crippen molar-refractivity contribution in [2.24, 2.45) is 5.73 Å². The summed E-state index contributed by atoms with van der Waals surface area (Å²) >= 11 is 1.39. The van der Waals surface area contributed by atoms with Crippen LogP contribution < -0.4 is 11.1 Å². The number of carbonyl (C=O) groups is 2. The molecule has 3 N–H and O–H groups in total. The zero-order valence-electron chi connectivity index (χ0n) is 11.1. The number of carbonyl (C=O) groups excluding carboxylic acids is 2. The Hall–Kier alpha value is -2.21. The maximum absolute atomic E-state index is 12.0. The molecule has 2 aromatic rings. The summed E-state index contributed by atoms with van der Waals surface area (Å²) in [6.45, 7) is 2.00. The standard InChI is InChI=1S/C14H15N3O2S/c1-2-13-16-8-11(20-13)14(19)17-10-5-3-9(4-6-10)7-12(15)18/h3-6,8H,2,7H2,1H3,(H2,15,18)(H,17,19). The number of aromatic nitrogens is 1. The highest BCUT2D eigenvalue weighted by atomic mass is 32.1. The largest absolute Gasteiger partial charge is 0.369 e. The molecule has 0 bridgehead atoms. The van der Waals surface area contributed by atoms with Crippen LogP contribution >= 0.6 is 11.3 Å². The molecule has 0 atom stereocenters. The second-order valence-electron chi connectivity index (χ2n) is 4.27. The summed E-state index contributed by atoms with van der Waals surface area (Å²) in [5.41, 5.74) is 6.62. The molecule has 0 aliphatic carbocycles. The highest BCUT2D eigenvalue weighted by molar-refractivity contribution is 7.13. The summed E-state index contributed by atoms with van der Waals surface area (Å²) < 4.78 is 0. The lowest BCUT2D eigenvalue weighted by atomic mass is 10.1. The smallest absolute Gasteiger partial charge is 0.267 e. The van der Waals surface area contributed by atoms with Crippen LogP contribution in [0.5, 0.6) is 0 Å². The first-order chi connectivity index (χ1) is 9.58. The molecule has 0 saturated carbocycles. The highest BCUT2D eigenvalue weighted by Crippen LogP contribution is 2.16. The molecule has 6 heteroatoms. The van der Waals surface area contributed by atoms with Crippen molar-refractivity contribution < 1.29 is 9.59 Å². The maximum atomic E-state index is 12.0. The third-order valence-electron chi connectivity index (χ3n) is 2.67.